The predicted octanol–water partition coefficient (Wildman–Crippen LogP) is 4.43. The Hall–Kier alpha value is -2.29. The minimum atomic E-state index is -0.487. The number of unbranched alkanes of at least 4 members (excludes halogenated alkanes) is 2. The van der Waals surface area contributed by atoms with E-state index in [9.17, 15) is 4.79 Å². The molecule has 1 amide bonds. The fourth-order valence-electron chi connectivity index (χ4n) is 2.34. The molecule has 0 aliphatic heterocycles. The van der Waals surface area contributed by atoms with Gasteiger partial charge in [0.25, 0.3) is 5.91 Å². The molecule has 0 fully saturated rings. The SMILES string of the molecule is CCCCCNC(=O)C(C)Oc1ccc(-c2ccccc2)cc1. The van der Waals surface area contributed by atoms with Crippen LogP contribution in [0.15, 0.2) is 54.6 Å². The molecule has 3 heteroatoms. The van der Waals surface area contributed by atoms with Crippen LogP contribution in [0.25, 0.3) is 11.1 Å². The van der Waals surface area contributed by atoms with Gasteiger partial charge in [0.1, 0.15) is 5.75 Å². The van der Waals surface area contributed by atoms with E-state index >= 15 is 0 Å². The van der Waals surface area contributed by atoms with Crippen LogP contribution in [0.5, 0.6) is 5.75 Å². The summed E-state index contributed by atoms with van der Waals surface area (Å²) in [6.45, 7) is 4.64. The first-order valence-electron chi connectivity index (χ1n) is 8.30. The first-order chi connectivity index (χ1) is 11.2. The number of ether oxygens (including phenoxy) is 1. The third-order valence-corrected chi connectivity index (χ3v) is 3.72. The molecule has 0 aliphatic carbocycles. The largest absolute Gasteiger partial charge is 0.481 e. The van der Waals surface area contributed by atoms with Crippen LogP contribution >= 0.6 is 0 Å². The van der Waals surface area contributed by atoms with Gasteiger partial charge in [-0.2, -0.15) is 0 Å². The van der Waals surface area contributed by atoms with Gasteiger partial charge in [-0.15, -0.1) is 0 Å². The van der Waals surface area contributed by atoms with Crippen LogP contribution in [0.2, 0.25) is 0 Å². The van der Waals surface area contributed by atoms with Crippen molar-refractivity contribution in [3.8, 4) is 16.9 Å². The number of nitrogens with one attached hydrogen (secondary N) is 1. The van der Waals surface area contributed by atoms with Gasteiger partial charge < -0.3 is 10.1 Å². The van der Waals surface area contributed by atoms with E-state index in [0.717, 1.165) is 24.8 Å². The third-order valence-electron chi connectivity index (χ3n) is 3.72. The molecule has 0 saturated carbocycles. The molecule has 122 valence electrons. The van der Waals surface area contributed by atoms with E-state index in [2.05, 4.69) is 24.4 Å². The maximum atomic E-state index is 12.0. The van der Waals surface area contributed by atoms with Gasteiger partial charge >= 0.3 is 0 Å². The summed E-state index contributed by atoms with van der Waals surface area (Å²) >= 11 is 0. The molecule has 0 saturated heterocycles. The lowest BCUT2D eigenvalue weighted by Crippen LogP contribution is -2.36. The van der Waals surface area contributed by atoms with Crippen LogP contribution in [0, 0.1) is 0 Å². The van der Waals surface area contributed by atoms with E-state index in [1.807, 2.05) is 42.5 Å². The Kier molecular flexibility index (Phi) is 6.67. The quantitative estimate of drug-likeness (QED) is 0.733. The van der Waals surface area contributed by atoms with Crippen LogP contribution in [-0.2, 0) is 4.79 Å². The number of amides is 1. The highest BCUT2D eigenvalue weighted by Crippen LogP contribution is 2.22. The fraction of sp³-hybridized carbons (Fsp3) is 0.350. The van der Waals surface area contributed by atoms with Crippen LogP contribution in [0.3, 0.4) is 0 Å². The zero-order valence-electron chi connectivity index (χ0n) is 13.9. The summed E-state index contributed by atoms with van der Waals surface area (Å²) in [6, 6.07) is 18.0. The van der Waals surface area contributed by atoms with Gasteiger partial charge in [-0.25, -0.2) is 0 Å². The lowest BCUT2D eigenvalue weighted by atomic mass is 10.1. The van der Waals surface area contributed by atoms with Gasteiger partial charge in [0, 0.05) is 6.54 Å². The highest BCUT2D eigenvalue weighted by atomic mass is 16.5. The van der Waals surface area contributed by atoms with Crippen molar-refractivity contribution < 1.29 is 9.53 Å². The Morgan fingerprint density at radius 1 is 1.00 bits per heavy atom. The van der Waals surface area contributed by atoms with E-state index in [-0.39, 0.29) is 5.91 Å². The highest BCUT2D eigenvalue weighted by Gasteiger charge is 2.13. The molecule has 2 aromatic carbocycles. The van der Waals surface area contributed by atoms with E-state index in [0.29, 0.717) is 12.3 Å². The summed E-state index contributed by atoms with van der Waals surface area (Å²) in [7, 11) is 0. The molecule has 1 unspecified atom stereocenters. The third kappa shape index (κ3) is 5.44. The van der Waals surface area contributed by atoms with Crippen molar-refractivity contribution in [2.75, 3.05) is 6.54 Å². The molecular weight excluding hydrogens is 286 g/mol. The Labute approximate surface area is 138 Å². The smallest absolute Gasteiger partial charge is 0.260 e. The second-order valence-electron chi connectivity index (χ2n) is 5.65. The standard InChI is InChI=1S/C20H25NO2/c1-3-4-8-15-21-20(22)16(2)23-19-13-11-18(12-14-19)17-9-6-5-7-10-17/h5-7,9-14,16H,3-4,8,15H2,1-2H3,(H,21,22). The lowest BCUT2D eigenvalue weighted by molar-refractivity contribution is -0.127. The molecule has 2 rings (SSSR count). The Balaban J connectivity index is 1.86. The lowest BCUT2D eigenvalue weighted by Gasteiger charge is -2.15. The van der Waals surface area contributed by atoms with Crippen LogP contribution < -0.4 is 10.1 Å². The Morgan fingerprint density at radius 3 is 2.30 bits per heavy atom. The summed E-state index contributed by atoms with van der Waals surface area (Å²) in [5.41, 5.74) is 2.30. The fourth-order valence-corrected chi connectivity index (χ4v) is 2.34. The number of benzene rings is 2. The zero-order chi connectivity index (χ0) is 16.5. The molecular formula is C20H25NO2. The summed E-state index contributed by atoms with van der Waals surface area (Å²) < 4.78 is 5.71. The maximum Gasteiger partial charge on any atom is 0.260 e. The number of hydrogen-bond donors (Lipinski definition) is 1. The van der Waals surface area contributed by atoms with E-state index < -0.39 is 6.10 Å². The Bertz CT molecular complexity index is 593. The zero-order valence-corrected chi connectivity index (χ0v) is 13.9. The molecule has 0 spiro atoms. The van der Waals surface area contributed by atoms with Gasteiger partial charge in [0.05, 0.1) is 0 Å². The topological polar surface area (TPSA) is 38.3 Å². The molecule has 0 aliphatic rings. The average Bonchev–Trinajstić information content (AvgIpc) is 2.60. The average molecular weight is 311 g/mol. The van der Waals surface area contributed by atoms with Gasteiger partial charge in [-0.1, -0.05) is 62.2 Å². The maximum absolute atomic E-state index is 12.0. The van der Waals surface area contributed by atoms with Crippen LogP contribution in [-0.4, -0.2) is 18.6 Å². The molecule has 0 heterocycles. The van der Waals surface area contributed by atoms with Crippen LogP contribution in [0.1, 0.15) is 33.1 Å². The minimum Gasteiger partial charge on any atom is -0.481 e. The van der Waals surface area contributed by atoms with Crippen molar-refractivity contribution in [3.63, 3.8) is 0 Å². The molecule has 0 aromatic heterocycles. The second kappa shape index (κ2) is 8.99. The molecule has 0 bridgehead atoms. The summed E-state index contributed by atoms with van der Waals surface area (Å²) in [4.78, 5) is 12.0. The van der Waals surface area contributed by atoms with Gasteiger partial charge in [-0.3, -0.25) is 4.79 Å². The molecule has 0 radical (unpaired) electrons. The molecule has 2 aromatic rings. The first kappa shape index (κ1) is 17.1. The molecule has 1 atom stereocenters. The van der Waals surface area contributed by atoms with Crippen molar-refractivity contribution in [3.05, 3.63) is 54.6 Å². The number of hydrogen-bond acceptors (Lipinski definition) is 2. The second-order valence-corrected chi connectivity index (χ2v) is 5.65. The number of carbonyl (C=O) groups excluding carboxylic acids is 1. The van der Waals surface area contributed by atoms with E-state index in [4.69, 9.17) is 4.74 Å². The molecule has 23 heavy (non-hydrogen) atoms. The molecule has 3 nitrogen and oxygen atoms in total. The first-order valence-corrected chi connectivity index (χ1v) is 8.30. The molecule has 1 N–H and O–H groups in total. The highest BCUT2D eigenvalue weighted by molar-refractivity contribution is 5.80. The number of carbonyl (C=O) groups is 1. The predicted molar refractivity (Wildman–Crippen MR) is 94.5 cm³/mol. The summed E-state index contributed by atoms with van der Waals surface area (Å²) in [5, 5.41) is 2.91. The van der Waals surface area contributed by atoms with Crippen molar-refractivity contribution >= 4 is 5.91 Å². The van der Waals surface area contributed by atoms with Crippen molar-refractivity contribution in [2.24, 2.45) is 0 Å². The summed E-state index contributed by atoms with van der Waals surface area (Å²) in [5.74, 6) is 0.647. The van der Waals surface area contributed by atoms with E-state index in [1.54, 1.807) is 6.92 Å². The van der Waals surface area contributed by atoms with Crippen LogP contribution in [0.4, 0.5) is 0 Å². The summed E-state index contributed by atoms with van der Waals surface area (Å²) in [6.07, 6.45) is 2.81. The van der Waals surface area contributed by atoms with Crippen molar-refractivity contribution in [1.29, 1.82) is 0 Å². The van der Waals surface area contributed by atoms with E-state index in [1.165, 1.54) is 5.56 Å². The minimum absolute atomic E-state index is 0.0618. The van der Waals surface area contributed by atoms with Gasteiger partial charge in [0.15, 0.2) is 6.10 Å². The Morgan fingerprint density at radius 2 is 1.65 bits per heavy atom. The van der Waals surface area contributed by atoms with Crippen molar-refractivity contribution in [1.82, 2.24) is 5.32 Å². The monoisotopic (exact) mass is 311 g/mol. The van der Waals surface area contributed by atoms with Gasteiger partial charge in [0.2, 0.25) is 0 Å². The van der Waals surface area contributed by atoms with Gasteiger partial charge in [-0.05, 0) is 36.6 Å². The number of rotatable bonds is 8. The van der Waals surface area contributed by atoms with Crippen molar-refractivity contribution in [2.45, 2.75) is 39.2 Å². The normalized spacial score (nSPS) is 11.7.